The van der Waals surface area contributed by atoms with Gasteiger partial charge in [-0.2, -0.15) is 5.26 Å². The van der Waals surface area contributed by atoms with Gasteiger partial charge in [0.25, 0.3) is 0 Å². The summed E-state index contributed by atoms with van der Waals surface area (Å²) in [5.74, 6) is 0.750. The molecule has 1 atom stereocenters. The number of carbonyl (C=O) groups is 1. The second-order valence-corrected chi connectivity index (χ2v) is 7.04. The Morgan fingerprint density at radius 3 is 3.00 bits per heavy atom. The van der Waals surface area contributed by atoms with Gasteiger partial charge >= 0.3 is 6.09 Å². The van der Waals surface area contributed by atoms with E-state index in [9.17, 15) is 4.79 Å². The molecule has 1 saturated heterocycles. The number of rotatable bonds is 4. The van der Waals surface area contributed by atoms with E-state index in [1.165, 1.54) is 0 Å². The minimum absolute atomic E-state index is 0.246. The fourth-order valence-corrected chi connectivity index (χ4v) is 2.71. The lowest BCUT2D eigenvalue weighted by molar-refractivity contribution is 0.0154. The van der Waals surface area contributed by atoms with Crippen LogP contribution in [-0.4, -0.2) is 41.3 Å². The van der Waals surface area contributed by atoms with Gasteiger partial charge in [0.1, 0.15) is 17.2 Å². The van der Waals surface area contributed by atoms with Crippen LogP contribution < -0.4 is 4.74 Å². The van der Waals surface area contributed by atoms with Crippen LogP contribution in [0.4, 0.5) is 4.79 Å². The molecular weight excluding hydrogens is 306 g/mol. The number of aromatic nitrogens is 1. The zero-order valence-corrected chi connectivity index (χ0v) is 14.6. The monoisotopic (exact) mass is 331 g/mol. The summed E-state index contributed by atoms with van der Waals surface area (Å²) in [5, 5.41) is 9.03. The van der Waals surface area contributed by atoms with E-state index in [0.717, 1.165) is 25.8 Å². The van der Waals surface area contributed by atoms with Crippen molar-refractivity contribution in [1.29, 1.82) is 5.26 Å². The van der Waals surface area contributed by atoms with Crippen molar-refractivity contribution in [2.45, 2.75) is 45.6 Å². The molecule has 6 nitrogen and oxygen atoms in total. The van der Waals surface area contributed by atoms with Gasteiger partial charge in [-0.15, -0.1) is 0 Å². The molecular formula is C18H25N3O3. The number of hydrogen-bond acceptors (Lipinski definition) is 5. The van der Waals surface area contributed by atoms with Crippen molar-refractivity contribution in [3.8, 4) is 11.9 Å². The highest BCUT2D eigenvalue weighted by Gasteiger charge is 2.27. The maximum absolute atomic E-state index is 12.2. The molecule has 2 rings (SSSR count). The minimum Gasteiger partial charge on any atom is -0.477 e. The van der Waals surface area contributed by atoms with E-state index in [1.807, 2.05) is 20.8 Å². The van der Waals surface area contributed by atoms with Crippen molar-refractivity contribution in [2.75, 3.05) is 19.7 Å². The molecule has 0 aliphatic carbocycles. The third kappa shape index (κ3) is 5.41. The summed E-state index contributed by atoms with van der Waals surface area (Å²) >= 11 is 0. The largest absolute Gasteiger partial charge is 0.477 e. The quantitative estimate of drug-likeness (QED) is 0.845. The predicted molar refractivity (Wildman–Crippen MR) is 89.6 cm³/mol. The molecule has 2 heterocycles. The first-order chi connectivity index (χ1) is 11.4. The fourth-order valence-electron chi connectivity index (χ4n) is 2.71. The van der Waals surface area contributed by atoms with Gasteiger partial charge in [0.2, 0.25) is 5.88 Å². The molecule has 1 aliphatic rings. The first-order valence-electron chi connectivity index (χ1n) is 8.35. The van der Waals surface area contributed by atoms with Crippen LogP contribution in [0.1, 0.15) is 45.6 Å². The second kappa shape index (κ2) is 8.00. The molecule has 0 N–H and O–H groups in total. The van der Waals surface area contributed by atoms with Gasteiger partial charge in [-0.05, 0) is 58.1 Å². The third-order valence-corrected chi connectivity index (χ3v) is 3.83. The number of likely N-dealkylation sites (tertiary alicyclic amines) is 1. The molecule has 0 radical (unpaired) electrons. The van der Waals surface area contributed by atoms with E-state index in [1.54, 1.807) is 23.2 Å². The Labute approximate surface area is 143 Å². The molecule has 1 fully saturated rings. The van der Waals surface area contributed by atoms with Crippen molar-refractivity contribution in [2.24, 2.45) is 5.92 Å². The standard InChI is InChI=1S/C18H25N3O3/c1-18(2,3)24-17(22)21-10-5-6-14(13-21)8-11-23-16-15(12-19)7-4-9-20-16/h4,7,9,14H,5-6,8,10-11,13H2,1-3H3/t14-/m1/s1. The molecule has 24 heavy (non-hydrogen) atoms. The molecule has 1 amide bonds. The molecule has 0 bridgehead atoms. The highest BCUT2D eigenvalue weighted by atomic mass is 16.6. The van der Waals surface area contributed by atoms with Crippen LogP contribution >= 0.6 is 0 Å². The van der Waals surface area contributed by atoms with Crippen LogP contribution in [0.5, 0.6) is 5.88 Å². The summed E-state index contributed by atoms with van der Waals surface area (Å²) in [4.78, 5) is 18.0. The highest BCUT2D eigenvalue weighted by Crippen LogP contribution is 2.22. The number of carbonyl (C=O) groups excluding carboxylic acids is 1. The van der Waals surface area contributed by atoms with Crippen molar-refractivity contribution in [3.63, 3.8) is 0 Å². The summed E-state index contributed by atoms with van der Waals surface area (Å²) in [6.07, 6.45) is 4.22. The van der Waals surface area contributed by atoms with Gasteiger partial charge in [0.05, 0.1) is 6.61 Å². The van der Waals surface area contributed by atoms with Crippen molar-refractivity contribution < 1.29 is 14.3 Å². The Morgan fingerprint density at radius 1 is 1.50 bits per heavy atom. The van der Waals surface area contributed by atoms with Crippen molar-refractivity contribution in [1.82, 2.24) is 9.88 Å². The zero-order chi connectivity index (χ0) is 17.6. The summed E-state index contributed by atoms with van der Waals surface area (Å²) in [6.45, 7) is 7.54. The fraction of sp³-hybridized carbons (Fsp3) is 0.611. The van der Waals surface area contributed by atoms with Crippen LogP contribution in [0.15, 0.2) is 18.3 Å². The predicted octanol–water partition coefficient (Wildman–Crippen LogP) is 3.37. The number of piperidine rings is 1. The Morgan fingerprint density at radius 2 is 2.29 bits per heavy atom. The second-order valence-electron chi connectivity index (χ2n) is 7.04. The lowest BCUT2D eigenvalue weighted by Crippen LogP contribution is -2.43. The highest BCUT2D eigenvalue weighted by molar-refractivity contribution is 5.68. The van der Waals surface area contributed by atoms with Crippen LogP contribution in [0, 0.1) is 17.2 Å². The van der Waals surface area contributed by atoms with E-state index in [4.69, 9.17) is 14.7 Å². The van der Waals surface area contributed by atoms with Gasteiger partial charge in [-0.1, -0.05) is 0 Å². The third-order valence-electron chi connectivity index (χ3n) is 3.83. The number of ether oxygens (including phenoxy) is 2. The summed E-state index contributed by atoms with van der Waals surface area (Å²) in [5.41, 5.74) is -0.0312. The average Bonchev–Trinajstić information content (AvgIpc) is 2.54. The zero-order valence-electron chi connectivity index (χ0n) is 14.6. The normalized spacial score (nSPS) is 17.9. The Hall–Kier alpha value is -2.29. The van der Waals surface area contributed by atoms with E-state index in [2.05, 4.69) is 11.1 Å². The minimum atomic E-state index is -0.472. The molecule has 0 saturated carbocycles. The lowest BCUT2D eigenvalue weighted by Gasteiger charge is -2.34. The number of nitriles is 1. The first kappa shape index (κ1) is 18.1. The summed E-state index contributed by atoms with van der Waals surface area (Å²) in [7, 11) is 0. The van der Waals surface area contributed by atoms with E-state index >= 15 is 0 Å². The molecule has 1 aromatic heterocycles. The Balaban J connectivity index is 1.81. The molecule has 130 valence electrons. The Kier molecular flexibility index (Phi) is 6.02. The van der Waals surface area contributed by atoms with Crippen LogP contribution in [-0.2, 0) is 4.74 Å². The maximum atomic E-state index is 12.2. The molecule has 0 spiro atoms. The van der Waals surface area contributed by atoms with Gasteiger partial charge in [0, 0.05) is 19.3 Å². The average molecular weight is 331 g/mol. The molecule has 0 aromatic carbocycles. The van der Waals surface area contributed by atoms with E-state index < -0.39 is 5.60 Å². The van der Waals surface area contributed by atoms with Gasteiger partial charge in [0.15, 0.2) is 0 Å². The topological polar surface area (TPSA) is 75.4 Å². The molecule has 0 unspecified atom stereocenters. The van der Waals surface area contributed by atoms with Crippen LogP contribution in [0.3, 0.4) is 0 Å². The summed E-state index contributed by atoms with van der Waals surface area (Å²) in [6, 6.07) is 5.47. The summed E-state index contributed by atoms with van der Waals surface area (Å²) < 4.78 is 11.1. The number of nitrogens with zero attached hydrogens (tertiary/aromatic N) is 3. The van der Waals surface area contributed by atoms with E-state index in [0.29, 0.717) is 30.5 Å². The lowest BCUT2D eigenvalue weighted by atomic mass is 9.95. The van der Waals surface area contributed by atoms with Crippen molar-refractivity contribution >= 4 is 6.09 Å². The molecule has 6 heteroatoms. The van der Waals surface area contributed by atoms with Crippen molar-refractivity contribution in [3.05, 3.63) is 23.9 Å². The van der Waals surface area contributed by atoms with Gasteiger partial charge < -0.3 is 14.4 Å². The van der Waals surface area contributed by atoms with Gasteiger partial charge in [-0.25, -0.2) is 9.78 Å². The number of pyridine rings is 1. The molecule has 1 aromatic rings. The van der Waals surface area contributed by atoms with E-state index in [-0.39, 0.29) is 6.09 Å². The number of hydrogen-bond donors (Lipinski definition) is 0. The van der Waals surface area contributed by atoms with Crippen LogP contribution in [0.2, 0.25) is 0 Å². The van der Waals surface area contributed by atoms with Crippen LogP contribution in [0.25, 0.3) is 0 Å². The maximum Gasteiger partial charge on any atom is 0.410 e. The van der Waals surface area contributed by atoms with Gasteiger partial charge in [-0.3, -0.25) is 0 Å². The Bertz CT molecular complexity index is 604. The SMILES string of the molecule is CC(C)(C)OC(=O)N1CCC[C@H](CCOc2ncccc2C#N)C1. The molecule has 1 aliphatic heterocycles. The smallest absolute Gasteiger partial charge is 0.410 e. The number of amides is 1. The first-order valence-corrected chi connectivity index (χ1v) is 8.35.